The Hall–Kier alpha value is -1.78. The second kappa shape index (κ2) is 5.19. The van der Waals surface area contributed by atoms with E-state index in [9.17, 15) is 8.78 Å². The van der Waals surface area contributed by atoms with Crippen LogP contribution in [0.15, 0.2) is 30.6 Å². The van der Waals surface area contributed by atoms with Gasteiger partial charge < -0.3 is 0 Å². The Morgan fingerprint density at radius 1 is 1.13 bits per heavy atom. The molecule has 0 spiro atoms. The average molecular weight is 211 g/mol. The van der Waals surface area contributed by atoms with Crippen LogP contribution in [0, 0.1) is 11.6 Å². The van der Waals surface area contributed by atoms with Gasteiger partial charge in [-0.2, -0.15) is 0 Å². The third kappa shape index (κ3) is 2.37. The lowest BCUT2D eigenvalue weighted by Crippen LogP contribution is -2.01. The average Bonchev–Trinajstić information content (AvgIpc) is 2.74. The first-order valence-electron chi connectivity index (χ1n) is 4.60. The predicted molar refractivity (Wildman–Crippen MR) is 52.6 cm³/mol. The van der Waals surface area contributed by atoms with Gasteiger partial charge in [-0.25, -0.2) is 13.5 Å². The SMILES string of the molecule is CC.Fc1cccc(F)c1-n1ccnn1. The van der Waals surface area contributed by atoms with Gasteiger partial charge in [0, 0.05) is 0 Å². The third-order valence-corrected chi connectivity index (χ3v) is 1.59. The summed E-state index contributed by atoms with van der Waals surface area (Å²) in [6.45, 7) is 4.00. The lowest BCUT2D eigenvalue weighted by atomic mass is 10.3. The van der Waals surface area contributed by atoms with Crippen LogP contribution in [0.25, 0.3) is 5.69 Å². The Balaban J connectivity index is 0.000000531. The molecule has 1 aromatic heterocycles. The topological polar surface area (TPSA) is 30.7 Å². The fraction of sp³-hybridized carbons (Fsp3) is 0.200. The van der Waals surface area contributed by atoms with Crippen LogP contribution in [0.4, 0.5) is 8.78 Å². The fourth-order valence-corrected chi connectivity index (χ4v) is 1.04. The van der Waals surface area contributed by atoms with Gasteiger partial charge in [-0.15, -0.1) is 5.10 Å². The number of hydrogen-bond acceptors (Lipinski definition) is 2. The number of aromatic nitrogens is 3. The zero-order valence-corrected chi connectivity index (χ0v) is 8.48. The van der Waals surface area contributed by atoms with E-state index in [4.69, 9.17) is 0 Å². The number of hydrogen-bond donors (Lipinski definition) is 0. The molecule has 0 bridgehead atoms. The summed E-state index contributed by atoms with van der Waals surface area (Å²) in [5, 5.41) is 6.96. The van der Waals surface area contributed by atoms with Crippen molar-refractivity contribution in [2.45, 2.75) is 13.8 Å². The normalized spacial score (nSPS) is 9.33. The second-order valence-electron chi connectivity index (χ2n) is 2.42. The summed E-state index contributed by atoms with van der Waals surface area (Å²) in [5.41, 5.74) is -0.208. The molecule has 15 heavy (non-hydrogen) atoms. The van der Waals surface area contributed by atoms with E-state index < -0.39 is 11.6 Å². The van der Waals surface area contributed by atoms with Crippen molar-refractivity contribution in [3.63, 3.8) is 0 Å². The van der Waals surface area contributed by atoms with Gasteiger partial charge in [-0.05, 0) is 12.1 Å². The fourth-order valence-electron chi connectivity index (χ4n) is 1.04. The standard InChI is InChI=1S/C8H5F2N3.C2H6/c9-6-2-1-3-7(10)8(6)13-5-4-11-12-13;1-2/h1-5H;1-2H3. The summed E-state index contributed by atoms with van der Waals surface area (Å²) >= 11 is 0. The van der Waals surface area contributed by atoms with Crippen LogP contribution in [0.1, 0.15) is 13.8 Å². The van der Waals surface area contributed by atoms with Crippen LogP contribution in [0.2, 0.25) is 0 Å². The minimum atomic E-state index is -0.662. The summed E-state index contributed by atoms with van der Waals surface area (Å²) in [5.74, 6) is -1.32. The molecule has 0 aliphatic heterocycles. The van der Waals surface area contributed by atoms with Gasteiger partial charge in [0.15, 0.2) is 11.6 Å². The molecule has 0 aliphatic carbocycles. The molecule has 80 valence electrons. The second-order valence-corrected chi connectivity index (χ2v) is 2.42. The van der Waals surface area contributed by atoms with E-state index in [0.717, 1.165) is 4.68 Å². The van der Waals surface area contributed by atoms with Crippen LogP contribution in [-0.2, 0) is 0 Å². The number of nitrogens with zero attached hydrogens (tertiary/aromatic N) is 3. The van der Waals surface area contributed by atoms with E-state index in [1.807, 2.05) is 13.8 Å². The monoisotopic (exact) mass is 211 g/mol. The molecule has 3 nitrogen and oxygen atoms in total. The van der Waals surface area contributed by atoms with Crippen LogP contribution in [-0.4, -0.2) is 15.0 Å². The molecular weight excluding hydrogens is 200 g/mol. The van der Waals surface area contributed by atoms with E-state index >= 15 is 0 Å². The van der Waals surface area contributed by atoms with Gasteiger partial charge >= 0.3 is 0 Å². The molecule has 0 amide bonds. The van der Waals surface area contributed by atoms with Gasteiger partial charge in [0.05, 0.1) is 12.4 Å². The van der Waals surface area contributed by atoms with Crippen molar-refractivity contribution in [2.75, 3.05) is 0 Å². The van der Waals surface area contributed by atoms with Crippen LogP contribution in [0.5, 0.6) is 0 Å². The summed E-state index contributed by atoms with van der Waals surface area (Å²) < 4.78 is 27.2. The Labute approximate surface area is 86.4 Å². The molecule has 0 aliphatic rings. The van der Waals surface area contributed by atoms with Crippen molar-refractivity contribution in [1.82, 2.24) is 15.0 Å². The highest BCUT2D eigenvalue weighted by Crippen LogP contribution is 2.15. The quantitative estimate of drug-likeness (QED) is 0.725. The highest BCUT2D eigenvalue weighted by Gasteiger charge is 2.10. The van der Waals surface area contributed by atoms with E-state index in [-0.39, 0.29) is 5.69 Å². The van der Waals surface area contributed by atoms with Gasteiger partial charge in [0.2, 0.25) is 0 Å². The summed E-state index contributed by atoms with van der Waals surface area (Å²) in [7, 11) is 0. The summed E-state index contributed by atoms with van der Waals surface area (Å²) in [4.78, 5) is 0. The zero-order valence-electron chi connectivity index (χ0n) is 8.48. The lowest BCUT2D eigenvalue weighted by molar-refractivity contribution is 0.556. The predicted octanol–water partition coefficient (Wildman–Crippen LogP) is 2.57. The van der Waals surface area contributed by atoms with Crippen molar-refractivity contribution in [2.24, 2.45) is 0 Å². The van der Waals surface area contributed by atoms with Crippen molar-refractivity contribution in [3.8, 4) is 5.69 Å². The van der Waals surface area contributed by atoms with E-state index in [1.54, 1.807) is 0 Å². The van der Waals surface area contributed by atoms with Gasteiger partial charge in [0.25, 0.3) is 0 Å². The maximum Gasteiger partial charge on any atom is 0.151 e. The Morgan fingerprint density at radius 3 is 2.20 bits per heavy atom. The minimum absolute atomic E-state index is 0.208. The maximum absolute atomic E-state index is 13.1. The summed E-state index contributed by atoms with van der Waals surface area (Å²) in [6, 6.07) is 3.63. The molecule has 1 aromatic carbocycles. The van der Waals surface area contributed by atoms with Gasteiger partial charge in [-0.3, -0.25) is 0 Å². The van der Waals surface area contributed by atoms with Crippen LogP contribution < -0.4 is 0 Å². The van der Waals surface area contributed by atoms with E-state index in [0.29, 0.717) is 0 Å². The molecule has 0 N–H and O–H groups in total. The Bertz CT molecular complexity index is 392. The minimum Gasteiger partial charge on any atom is -0.215 e. The first-order valence-corrected chi connectivity index (χ1v) is 4.60. The van der Waals surface area contributed by atoms with Gasteiger partial charge in [-0.1, -0.05) is 25.1 Å². The number of halogens is 2. The Kier molecular flexibility index (Phi) is 3.91. The Morgan fingerprint density at radius 2 is 1.73 bits per heavy atom. The largest absolute Gasteiger partial charge is 0.215 e. The van der Waals surface area contributed by atoms with Crippen LogP contribution in [0.3, 0.4) is 0 Å². The first kappa shape index (κ1) is 11.3. The number of para-hydroxylation sites is 1. The molecule has 0 radical (unpaired) electrons. The summed E-state index contributed by atoms with van der Waals surface area (Å²) in [6.07, 6.45) is 2.73. The van der Waals surface area contributed by atoms with E-state index in [1.165, 1.54) is 30.6 Å². The molecule has 2 aromatic rings. The van der Waals surface area contributed by atoms with E-state index in [2.05, 4.69) is 10.3 Å². The molecular formula is C10H11F2N3. The van der Waals surface area contributed by atoms with Crippen molar-refractivity contribution >= 4 is 0 Å². The molecule has 0 unspecified atom stereocenters. The molecule has 0 saturated carbocycles. The van der Waals surface area contributed by atoms with Crippen LogP contribution >= 0.6 is 0 Å². The molecule has 1 heterocycles. The number of rotatable bonds is 1. The van der Waals surface area contributed by atoms with Gasteiger partial charge in [0.1, 0.15) is 5.69 Å². The molecule has 2 rings (SSSR count). The van der Waals surface area contributed by atoms with Crippen molar-refractivity contribution < 1.29 is 8.78 Å². The van der Waals surface area contributed by atoms with Crippen molar-refractivity contribution in [3.05, 3.63) is 42.2 Å². The zero-order chi connectivity index (χ0) is 11.3. The highest BCUT2D eigenvalue weighted by atomic mass is 19.1. The smallest absolute Gasteiger partial charge is 0.151 e. The third-order valence-electron chi connectivity index (χ3n) is 1.59. The molecule has 0 atom stereocenters. The molecule has 0 fully saturated rings. The number of benzene rings is 1. The maximum atomic E-state index is 13.1. The molecule has 0 saturated heterocycles. The lowest BCUT2D eigenvalue weighted by Gasteiger charge is -2.02. The first-order chi connectivity index (χ1) is 7.29. The highest BCUT2D eigenvalue weighted by molar-refractivity contribution is 5.33. The molecule has 5 heteroatoms. The van der Waals surface area contributed by atoms with Crippen molar-refractivity contribution in [1.29, 1.82) is 0 Å².